The minimum atomic E-state index is -0.233. The average molecular weight is 255 g/mol. The SMILES string of the molecule is CC(C)(CCNC1CCCCCCC1)C(N)=NO. The van der Waals surface area contributed by atoms with Crippen molar-refractivity contribution in [3.05, 3.63) is 0 Å². The highest BCUT2D eigenvalue weighted by Crippen LogP contribution is 2.21. The maximum Gasteiger partial charge on any atom is 0.144 e. The minimum absolute atomic E-state index is 0.233. The second-order valence-electron chi connectivity index (χ2n) is 6.12. The molecule has 0 aromatic heterocycles. The van der Waals surface area contributed by atoms with Crippen LogP contribution in [0, 0.1) is 5.41 Å². The van der Waals surface area contributed by atoms with Crippen molar-refractivity contribution >= 4 is 5.84 Å². The molecule has 1 aliphatic carbocycles. The molecule has 106 valence electrons. The lowest BCUT2D eigenvalue weighted by molar-refractivity contribution is 0.302. The van der Waals surface area contributed by atoms with Crippen molar-refractivity contribution in [2.24, 2.45) is 16.3 Å². The predicted molar refractivity (Wildman–Crippen MR) is 75.9 cm³/mol. The maximum atomic E-state index is 8.73. The fourth-order valence-electron chi connectivity index (χ4n) is 2.51. The van der Waals surface area contributed by atoms with E-state index in [0.29, 0.717) is 11.9 Å². The first-order valence-electron chi connectivity index (χ1n) is 7.27. The van der Waals surface area contributed by atoms with Crippen LogP contribution in [0.4, 0.5) is 0 Å². The molecule has 0 atom stereocenters. The zero-order valence-corrected chi connectivity index (χ0v) is 11.9. The third-order valence-corrected chi connectivity index (χ3v) is 4.09. The summed E-state index contributed by atoms with van der Waals surface area (Å²) < 4.78 is 0. The van der Waals surface area contributed by atoms with Crippen molar-refractivity contribution in [1.29, 1.82) is 0 Å². The number of rotatable bonds is 5. The predicted octanol–water partition coefficient (Wildman–Crippen LogP) is 2.85. The van der Waals surface area contributed by atoms with E-state index in [1.54, 1.807) is 0 Å². The monoisotopic (exact) mass is 255 g/mol. The summed E-state index contributed by atoms with van der Waals surface area (Å²) in [5.41, 5.74) is 5.46. The van der Waals surface area contributed by atoms with Crippen molar-refractivity contribution < 1.29 is 5.21 Å². The number of amidine groups is 1. The Bertz CT molecular complexity index is 256. The van der Waals surface area contributed by atoms with Crippen LogP contribution in [0.3, 0.4) is 0 Å². The molecule has 0 amide bonds. The topological polar surface area (TPSA) is 70.6 Å². The van der Waals surface area contributed by atoms with Crippen LogP contribution in [0.2, 0.25) is 0 Å². The van der Waals surface area contributed by atoms with E-state index in [0.717, 1.165) is 13.0 Å². The Labute approximate surface area is 111 Å². The largest absolute Gasteiger partial charge is 0.409 e. The van der Waals surface area contributed by atoms with E-state index in [1.165, 1.54) is 44.9 Å². The highest BCUT2D eigenvalue weighted by atomic mass is 16.4. The van der Waals surface area contributed by atoms with Gasteiger partial charge in [0, 0.05) is 11.5 Å². The van der Waals surface area contributed by atoms with Gasteiger partial charge < -0.3 is 16.3 Å². The van der Waals surface area contributed by atoms with Gasteiger partial charge in [0.2, 0.25) is 0 Å². The van der Waals surface area contributed by atoms with E-state index in [2.05, 4.69) is 10.5 Å². The van der Waals surface area contributed by atoms with Crippen LogP contribution in [0.25, 0.3) is 0 Å². The van der Waals surface area contributed by atoms with Gasteiger partial charge in [-0.05, 0) is 25.8 Å². The Morgan fingerprint density at radius 3 is 2.33 bits per heavy atom. The van der Waals surface area contributed by atoms with Crippen molar-refractivity contribution in [2.75, 3.05) is 6.54 Å². The van der Waals surface area contributed by atoms with Gasteiger partial charge in [-0.15, -0.1) is 0 Å². The van der Waals surface area contributed by atoms with Crippen LogP contribution >= 0.6 is 0 Å². The summed E-state index contributed by atoms with van der Waals surface area (Å²) in [7, 11) is 0. The number of oxime groups is 1. The van der Waals surface area contributed by atoms with Gasteiger partial charge in [-0.3, -0.25) is 0 Å². The lowest BCUT2D eigenvalue weighted by atomic mass is 9.87. The Balaban J connectivity index is 2.27. The van der Waals surface area contributed by atoms with Crippen molar-refractivity contribution in [1.82, 2.24) is 5.32 Å². The molecule has 4 N–H and O–H groups in total. The molecule has 0 radical (unpaired) electrons. The molecule has 1 aliphatic rings. The standard InChI is InChI=1S/C14H29N3O/c1-14(2,13(15)17-18)10-11-16-12-8-6-4-3-5-7-9-12/h12,16,18H,3-11H2,1-2H3,(H2,15,17). The zero-order chi connectivity index (χ0) is 13.4. The van der Waals surface area contributed by atoms with E-state index < -0.39 is 0 Å². The van der Waals surface area contributed by atoms with Crippen LogP contribution in [-0.2, 0) is 0 Å². The van der Waals surface area contributed by atoms with Crippen LogP contribution in [0.1, 0.15) is 65.2 Å². The minimum Gasteiger partial charge on any atom is -0.409 e. The molecule has 1 rings (SSSR count). The lowest BCUT2D eigenvalue weighted by Crippen LogP contribution is -2.37. The molecular formula is C14H29N3O. The zero-order valence-electron chi connectivity index (χ0n) is 11.9. The van der Waals surface area contributed by atoms with E-state index >= 15 is 0 Å². The molecule has 4 heteroatoms. The fraction of sp³-hybridized carbons (Fsp3) is 0.929. The Hall–Kier alpha value is -0.770. The molecule has 4 nitrogen and oxygen atoms in total. The first-order chi connectivity index (χ1) is 8.56. The molecule has 0 aliphatic heterocycles. The first kappa shape index (κ1) is 15.3. The third-order valence-electron chi connectivity index (χ3n) is 4.09. The Morgan fingerprint density at radius 2 is 1.78 bits per heavy atom. The third kappa shape index (κ3) is 5.25. The Morgan fingerprint density at radius 1 is 1.22 bits per heavy atom. The molecule has 0 heterocycles. The first-order valence-corrected chi connectivity index (χ1v) is 7.27. The van der Waals surface area contributed by atoms with Crippen molar-refractivity contribution in [2.45, 2.75) is 71.3 Å². The number of nitrogens with two attached hydrogens (primary N) is 1. The van der Waals surface area contributed by atoms with Crippen LogP contribution < -0.4 is 11.1 Å². The Kier molecular flexibility index (Phi) is 6.47. The van der Waals surface area contributed by atoms with E-state index in [-0.39, 0.29) is 5.41 Å². The number of hydrogen-bond donors (Lipinski definition) is 3. The number of nitrogens with zero attached hydrogens (tertiary/aromatic N) is 1. The van der Waals surface area contributed by atoms with E-state index in [4.69, 9.17) is 10.9 Å². The molecule has 0 aromatic carbocycles. The molecule has 18 heavy (non-hydrogen) atoms. The molecule has 0 unspecified atom stereocenters. The van der Waals surface area contributed by atoms with Gasteiger partial charge in [0.1, 0.15) is 5.84 Å². The summed E-state index contributed by atoms with van der Waals surface area (Å²) in [6.45, 7) is 4.97. The number of hydrogen-bond acceptors (Lipinski definition) is 3. The van der Waals surface area contributed by atoms with Gasteiger partial charge in [-0.1, -0.05) is 51.1 Å². The van der Waals surface area contributed by atoms with Gasteiger partial charge in [-0.25, -0.2) is 0 Å². The quantitative estimate of drug-likeness (QED) is 0.306. The van der Waals surface area contributed by atoms with Gasteiger partial charge >= 0.3 is 0 Å². The summed E-state index contributed by atoms with van der Waals surface area (Å²) in [4.78, 5) is 0. The summed E-state index contributed by atoms with van der Waals surface area (Å²) in [6, 6.07) is 0.661. The summed E-state index contributed by atoms with van der Waals surface area (Å²) >= 11 is 0. The maximum absolute atomic E-state index is 8.73. The molecule has 1 fully saturated rings. The van der Waals surface area contributed by atoms with Gasteiger partial charge in [0.25, 0.3) is 0 Å². The molecule has 1 saturated carbocycles. The summed E-state index contributed by atoms with van der Waals surface area (Å²) in [5.74, 6) is 0.321. The van der Waals surface area contributed by atoms with Crippen LogP contribution in [-0.4, -0.2) is 23.6 Å². The van der Waals surface area contributed by atoms with E-state index in [9.17, 15) is 0 Å². The van der Waals surface area contributed by atoms with Gasteiger partial charge in [-0.2, -0.15) is 0 Å². The van der Waals surface area contributed by atoms with Gasteiger partial charge in [0.05, 0.1) is 0 Å². The second-order valence-corrected chi connectivity index (χ2v) is 6.12. The molecule has 0 aromatic rings. The van der Waals surface area contributed by atoms with Crippen molar-refractivity contribution in [3.63, 3.8) is 0 Å². The lowest BCUT2D eigenvalue weighted by Gasteiger charge is -2.26. The van der Waals surface area contributed by atoms with Crippen LogP contribution in [0.5, 0.6) is 0 Å². The average Bonchev–Trinajstić information content (AvgIpc) is 2.30. The smallest absolute Gasteiger partial charge is 0.144 e. The summed E-state index contributed by atoms with van der Waals surface area (Å²) in [6.07, 6.45) is 10.4. The molecule has 0 spiro atoms. The normalized spacial score (nSPS) is 20.4. The summed E-state index contributed by atoms with van der Waals surface area (Å²) in [5, 5.41) is 15.5. The highest BCUT2D eigenvalue weighted by Gasteiger charge is 2.23. The molecular weight excluding hydrogens is 226 g/mol. The number of nitrogens with one attached hydrogen (secondary N) is 1. The second kappa shape index (κ2) is 7.62. The molecule has 0 bridgehead atoms. The molecule has 0 saturated heterocycles. The van der Waals surface area contributed by atoms with Crippen molar-refractivity contribution in [3.8, 4) is 0 Å². The van der Waals surface area contributed by atoms with E-state index in [1.807, 2.05) is 13.8 Å². The van der Waals surface area contributed by atoms with Crippen LogP contribution in [0.15, 0.2) is 5.16 Å². The van der Waals surface area contributed by atoms with Gasteiger partial charge in [0.15, 0.2) is 0 Å². The fourth-order valence-corrected chi connectivity index (χ4v) is 2.51. The highest BCUT2D eigenvalue weighted by molar-refractivity contribution is 5.85.